The molecule has 3 aromatic carbocycles. The van der Waals surface area contributed by atoms with Crippen molar-refractivity contribution in [2.24, 2.45) is 11.8 Å². The van der Waals surface area contributed by atoms with Crippen LogP contribution in [0.2, 0.25) is 0 Å². The molecule has 2 saturated heterocycles. The Labute approximate surface area is 206 Å². The predicted molar refractivity (Wildman–Crippen MR) is 131 cm³/mol. The number of phenols is 1. The molecule has 0 aliphatic carbocycles. The number of hydrogen-bond donors (Lipinski definition) is 3. The molecule has 3 aliphatic heterocycles. The minimum Gasteiger partial charge on any atom is -0.508 e. The molecule has 182 valence electrons. The summed E-state index contributed by atoms with van der Waals surface area (Å²) in [5.41, 5.74) is 1.53. The monoisotopic (exact) mass is 485 g/mol. The third kappa shape index (κ3) is 3.10. The van der Waals surface area contributed by atoms with Gasteiger partial charge in [0.15, 0.2) is 0 Å². The van der Waals surface area contributed by atoms with Gasteiger partial charge < -0.3 is 10.4 Å². The molecule has 7 nitrogen and oxygen atoms in total. The van der Waals surface area contributed by atoms with Crippen LogP contribution < -0.4 is 15.5 Å². The molecule has 0 radical (unpaired) electrons. The van der Waals surface area contributed by atoms with E-state index in [1.807, 2.05) is 19.1 Å². The van der Waals surface area contributed by atoms with E-state index in [-0.39, 0.29) is 11.7 Å². The van der Waals surface area contributed by atoms with E-state index in [1.54, 1.807) is 36.4 Å². The molecule has 3 aromatic rings. The van der Waals surface area contributed by atoms with Crippen molar-refractivity contribution in [1.29, 1.82) is 0 Å². The number of nitrogens with zero attached hydrogens (tertiary/aromatic N) is 1. The molecular formula is C28H24FN3O4. The highest BCUT2D eigenvalue weighted by Gasteiger charge is 2.70. The van der Waals surface area contributed by atoms with Crippen LogP contribution in [-0.4, -0.2) is 28.9 Å². The zero-order valence-corrected chi connectivity index (χ0v) is 19.5. The Bertz CT molecular complexity index is 1410. The van der Waals surface area contributed by atoms with Crippen LogP contribution >= 0.6 is 0 Å². The highest BCUT2D eigenvalue weighted by atomic mass is 19.1. The van der Waals surface area contributed by atoms with E-state index in [4.69, 9.17) is 0 Å². The lowest BCUT2D eigenvalue weighted by atomic mass is 9.76. The summed E-state index contributed by atoms with van der Waals surface area (Å²) in [6.07, 6.45) is 1.15. The fourth-order valence-corrected chi connectivity index (χ4v) is 5.97. The first-order valence-corrected chi connectivity index (χ1v) is 12.0. The van der Waals surface area contributed by atoms with Crippen LogP contribution in [0.3, 0.4) is 0 Å². The number of carbonyl (C=O) groups is 3. The van der Waals surface area contributed by atoms with E-state index >= 15 is 0 Å². The van der Waals surface area contributed by atoms with Crippen molar-refractivity contribution in [3.63, 3.8) is 0 Å². The standard InChI is InChI=1S/C28H24FN3O4/c1-2-15-3-8-18(9-4-15)32-25(34)23-22(13-16-5-10-19(33)11-6-16)31-28(24(23)26(32)35)20-14-17(29)7-12-21(20)30-27(28)36/h3-12,14,22-24,31,33H,2,13H2,1H3,(H,30,36)/t22-,23+,24-,28-/m0/s1. The fraction of sp³-hybridized carbons (Fsp3) is 0.250. The number of amides is 3. The first-order valence-electron chi connectivity index (χ1n) is 12.0. The SMILES string of the molecule is CCc1ccc(N2C(=O)[C@@H]3[C@H](Cc4ccc(O)cc4)N[C@]4(C(=O)Nc5ccc(F)cc54)[C@@H]3C2=O)cc1. The van der Waals surface area contributed by atoms with Gasteiger partial charge in [-0.25, -0.2) is 9.29 Å². The van der Waals surface area contributed by atoms with Crippen molar-refractivity contribution >= 4 is 29.1 Å². The molecule has 0 aromatic heterocycles. The number of nitrogens with one attached hydrogen (secondary N) is 2. The normalized spacial score (nSPS) is 26.4. The summed E-state index contributed by atoms with van der Waals surface area (Å²) in [5, 5.41) is 15.8. The molecule has 0 bridgehead atoms. The van der Waals surface area contributed by atoms with Crippen molar-refractivity contribution < 1.29 is 23.9 Å². The highest BCUT2D eigenvalue weighted by molar-refractivity contribution is 6.25. The smallest absolute Gasteiger partial charge is 0.250 e. The Hall–Kier alpha value is -4.04. The van der Waals surface area contributed by atoms with Crippen LogP contribution in [0.15, 0.2) is 66.7 Å². The van der Waals surface area contributed by atoms with Crippen molar-refractivity contribution in [2.75, 3.05) is 10.2 Å². The molecule has 1 spiro atoms. The van der Waals surface area contributed by atoms with Gasteiger partial charge in [0.2, 0.25) is 17.7 Å². The number of carbonyl (C=O) groups excluding carboxylic acids is 3. The van der Waals surface area contributed by atoms with E-state index in [0.29, 0.717) is 23.4 Å². The van der Waals surface area contributed by atoms with E-state index in [9.17, 15) is 23.9 Å². The zero-order valence-electron chi connectivity index (χ0n) is 19.5. The second-order valence-electron chi connectivity index (χ2n) is 9.61. The van der Waals surface area contributed by atoms with Crippen molar-refractivity contribution in [3.8, 4) is 5.75 Å². The van der Waals surface area contributed by atoms with Gasteiger partial charge in [0.25, 0.3) is 0 Å². The van der Waals surface area contributed by atoms with Crippen LogP contribution in [-0.2, 0) is 32.8 Å². The zero-order chi connectivity index (χ0) is 25.2. The number of benzene rings is 3. The molecule has 3 N–H and O–H groups in total. The average molecular weight is 486 g/mol. The van der Waals surface area contributed by atoms with E-state index in [2.05, 4.69) is 10.6 Å². The molecule has 4 atom stereocenters. The van der Waals surface area contributed by atoms with E-state index < -0.39 is 41.0 Å². The molecule has 0 saturated carbocycles. The first-order chi connectivity index (χ1) is 17.3. The summed E-state index contributed by atoms with van der Waals surface area (Å²) in [6.45, 7) is 2.02. The molecule has 3 heterocycles. The molecule has 0 unspecified atom stereocenters. The third-order valence-electron chi connectivity index (χ3n) is 7.67. The average Bonchev–Trinajstić information content (AvgIpc) is 3.45. The van der Waals surface area contributed by atoms with Gasteiger partial charge >= 0.3 is 0 Å². The number of aryl methyl sites for hydroxylation is 1. The summed E-state index contributed by atoms with van der Waals surface area (Å²) in [5.74, 6) is -3.65. The number of fused-ring (bicyclic) bond motifs is 4. The molecule has 3 aliphatic rings. The van der Waals surface area contributed by atoms with Crippen molar-refractivity contribution in [1.82, 2.24) is 5.32 Å². The Kier molecular flexibility index (Phi) is 4.98. The number of anilines is 2. The highest BCUT2D eigenvalue weighted by Crippen LogP contribution is 2.54. The lowest BCUT2D eigenvalue weighted by Gasteiger charge is -2.29. The second-order valence-corrected chi connectivity index (χ2v) is 9.61. The lowest BCUT2D eigenvalue weighted by Crippen LogP contribution is -2.53. The lowest BCUT2D eigenvalue weighted by molar-refractivity contribution is -0.130. The summed E-state index contributed by atoms with van der Waals surface area (Å²) in [4.78, 5) is 42.5. The number of imide groups is 1. The number of aromatic hydroxyl groups is 1. The van der Waals surface area contributed by atoms with Crippen LogP contribution in [0.1, 0.15) is 23.6 Å². The maximum atomic E-state index is 14.4. The van der Waals surface area contributed by atoms with Gasteiger partial charge in [0.05, 0.1) is 17.5 Å². The third-order valence-corrected chi connectivity index (χ3v) is 7.67. The second kappa shape index (κ2) is 7.99. The Morgan fingerprint density at radius 3 is 2.33 bits per heavy atom. The molecular weight excluding hydrogens is 461 g/mol. The first kappa shape index (κ1) is 22.4. The van der Waals surface area contributed by atoms with Crippen LogP contribution in [0.5, 0.6) is 5.75 Å². The van der Waals surface area contributed by atoms with Crippen LogP contribution in [0.4, 0.5) is 15.8 Å². The van der Waals surface area contributed by atoms with Gasteiger partial charge in [-0.1, -0.05) is 31.2 Å². The number of phenolic OH excluding ortho intramolecular Hbond substituents is 1. The molecule has 8 heteroatoms. The van der Waals surface area contributed by atoms with Crippen LogP contribution in [0.25, 0.3) is 0 Å². The summed E-state index contributed by atoms with van der Waals surface area (Å²) < 4.78 is 14.4. The summed E-state index contributed by atoms with van der Waals surface area (Å²) in [7, 11) is 0. The van der Waals surface area contributed by atoms with Crippen molar-refractivity contribution in [3.05, 3.63) is 89.2 Å². The largest absolute Gasteiger partial charge is 0.508 e. The van der Waals surface area contributed by atoms with E-state index in [0.717, 1.165) is 17.5 Å². The van der Waals surface area contributed by atoms with Gasteiger partial charge in [-0.3, -0.25) is 19.7 Å². The minimum absolute atomic E-state index is 0.112. The molecule has 2 fully saturated rings. The maximum absolute atomic E-state index is 14.4. The minimum atomic E-state index is -1.57. The number of rotatable bonds is 4. The Morgan fingerprint density at radius 1 is 0.944 bits per heavy atom. The number of halogens is 1. The summed E-state index contributed by atoms with van der Waals surface area (Å²) in [6, 6.07) is 17.2. The van der Waals surface area contributed by atoms with Gasteiger partial charge in [-0.05, 0) is 66.4 Å². The maximum Gasteiger partial charge on any atom is 0.250 e. The predicted octanol–water partition coefficient (Wildman–Crippen LogP) is 3.26. The van der Waals surface area contributed by atoms with Crippen molar-refractivity contribution in [2.45, 2.75) is 31.3 Å². The van der Waals surface area contributed by atoms with Gasteiger partial charge in [0, 0.05) is 17.3 Å². The number of hydrogen-bond acceptors (Lipinski definition) is 5. The Morgan fingerprint density at radius 2 is 1.64 bits per heavy atom. The molecule has 3 amide bonds. The van der Waals surface area contributed by atoms with Gasteiger partial charge in [-0.2, -0.15) is 0 Å². The summed E-state index contributed by atoms with van der Waals surface area (Å²) >= 11 is 0. The Balaban J connectivity index is 1.48. The van der Waals surface area contributed by atoms with Gasteiger partial charge in [-0.15, -0.1) is 0 Å². The topological polar surface area (TPSA) is 98.7 Å². The van der Waals surface area contributed by atoms with E-state index in [1.165, 1.54) is 23.1 Å². The van der Waals surface area contributed by atoms with Gasteiger partial charge in [0.1, 0.15) is 17.1 Å². The molecule has 36 heavy (non-hydrogen) atoms. The van der Waals surface area contributed by atoms with Crippen LogP contribution in [0, 0.1) is 17.7 Å². The fourth-order valence-electron chi connectivity index (χ4n) is 5.97. The molecule has 6 rings (SSSR count). The quantitative estimate of drug-likeness (QED) is 0.493.